The fourth-order valence-corrected chi connectivity index (χ4v) is 5.45. The molecule has 0 N–H and O–H groups in total. The topological polar surface area (TPSA) is 76.1 Å². The number of fused-ring (bicyclic) bond motifs is 2. The molecule has 5 rings (SSSR count). The maximum absolute atomic E-state index is 13.6. The largest absolute Gasteiger partial charge is 0.486 e. The lowest BCUT2D eigenvalue weighted by atomic mass is 10.2. The first kappa shape index (κ1) is 20.4. The minimum absolute atomic E-state index is 0.115. The van der Waals surface area contributed by atoms with E-state index in [1.807, 2.05) is 24.3 Å². The molecule has 3 aromatic rings. The number of ether oxygens (including phenoxy) is 2. The van der Waals surface area contributed by atoms with Gasteiger partial charge in [-0.15, -0.1) is 0 Å². The van der Waals surface area contributed by atoms with Crippen LogP contribution in [0.4, 0.5) is 11.4 Å². The molecule has 0 aliphatic carbocycles. The predicted octanol–water partition coefficient (Wildman–Crippen LogP) is 3.24. The first-order chi connectivity index (χ1) is 15.5. The lowest BCUT2D eigenvalue weighted by Crippen LogP contribution is -2.42. The molecular formula is C24H22N2O5S. The summed E-state index contributed by atoms with van der Waals surface area (Å²) in [5, 5.41) is 0. The molecule has 2 aliphatic heterocycles. The number of nitrogens with zero attached hydrogens (tertiary/aromatic N) is 2. The summed E-state index contributed by atoms with van der Waals surface area (Å²) in [6.07, 6.45) is 0.747. The minimum atomic E-state index is -3.99. The van der Waals surface area contributed by atoms with Crippen LogP contribution in [0.5, 0.6) is 11.5 Å². The summed E-state index contributed by atoms with van der Waals surface area (Å²) >= 11 is 0. The molecule has 0 unspecified atom stereocenters. The highest BCUT2D eigenvalue weighted by Crippen LogP contribution is 2.36. The summed E-state index contributed by atoms with van der Waals surface area (Å²) < 4.78 is 39.5. The van der Waals surface area contributed by atoms with Crippen molar-refractivity contribution >= 4 is 27.3 Å². The SMILES string of the molecule is O=C(CN(c1ccc2c(c1)OCCO2)S(=O)(=O)c1ccccc1)N1CCc2ccccc21. The van der Waals surface area contributed by atoms with E-state index in [0.717, 1.165) is 22.0 Å². The van der Waals surface area contributed by atoms with Crippen LogP contribution in [-0.4, -0.2) is 40.6 Å². The molecule has 0 bridgehead atoms. The molecule has 32 heavy (non-hydrogen) atoms. The summed E-state index contributed by atoms with van der Waals surface area (Å²) in [7, 11) is -3.99. The predicted molar refractivity (Wildman–Crippen MR) is 121 cm³/mol. The van der Waals surface area contributed by atoms with Gasteiger partial charge in [-0.3, -0.25) is 9.10 Å². The third kappa shape index (κ3) is 3.67. The van der Waals surface area contributed by atoms with Crippen LogP contribution in [0.15, 0.2) is 77.7 Å². The van der Waals surface area contributed by atoms with Gasteiger partial charge in [0.05, 0.1) is 10.6 Å². The van der Waals surface area contributed by atoms with E-state index in [2.05, 4.69) is 0 Å². The van der Waals surface area contributed by atoms with Gasteiger partial charge in [-0.25, -0.2) is 8.42 Å². The van der Waals surface area contributed by atoms with Crippen LogP contribution in [0.3, 0.4) is 0 Å². The van der Waals surface area contributed by atoms with E-state index in [4.69, 9.17) is 9.47 Å². The third-order valence-corrected chi connectivity index (χ3v) is 7.40. The zero-order valence-electron chi connectivity index (χ0n) is 17.3. The van der Waals surface area contributed by atoms with E-state index in [0.29, 0.717) is 36.9 Å². The number of amides is 1. The smallest absolute Gasteiger partial charge is 0.264 e. The summed E-state index contributed by atoms with van der Waals surface area (Å²) in [4.78, 5) is 15.1. The third-order valence-electron chi connectivity index (χ3n) is 5.61. The molecule has 2 heterocycles. The van der Waals surface area contributed by atoms with Gasteiger partial charge >= 0.3 is 0 Å². The van der Waals surface area contributed by atoms with Crippen LogP contribution in [0.1, 0.15) is 5.56 Å². The Bertz CT molecular complexity index is 1260. The molecule has 3 aromatic carbocycles. The van der Waals surface area contributed by atoms with Crippen molar-refractivity contribution in [1.82, 2.24) is 0 Å². The van der Waals surface area contributed by atoms with Crippen LogP contribution in [-0.2, 0) is 21.2 Å². The number of hydrogen-bond donors (Lipinski definition) is 0. The van der Waals surface area contributed by atoms with Crippen molar-refractivity contribution in [1.29, 1.82) is 0 Å². The van der Waals surface area contributed by atoms with Crippen molar-refractivity contribution in [2.24, 2.45) is 0 Å². The van der Waals surface area contributed by atoms with Gasteiger partial charge in [0.25, 0.3) is 10.0 Å². The van der Waals surface area contributed by atoms with E-state index in [9.17, 15) is 13.2 Å². The van der Waals surface area contributed by atoms with Gasteiger partial charge in [-0.1, -0.05) is 36.4 Å². The number of anilines is 2. The molecule has 0 saturated carbocycles. The lowest BCUT2D eigenvalue weighted by Gasteiger charge is -2.28. The van der Waals surface area contributed by atoms with Crippen LogP contribution in [0.2, 0.25) is 0 Å². The van der Waals surface area contributed by atoms with Gasteiger partial charge in [-0.05, 0) is 42.3 Å². The van der Waals surface area contributed by atoms with Gasteiger partial charge in [-0.2, -0.15) is 0 Å². The highest BCUT2D eigenvalue weighted by atomic mass is 32.2. The molecule has 0 saturated heterocycles. The second-order valence-electron chi connectivity index (χ2n) is 7.58. The van der Waals surface area contributed by atoms with Crippen LogP contribution in [0.25, 0.3) is 0 Å². The fourth-order valence-electron chi connectivity index (χ4n) is 4.03. The van der Waals surface area contributed by atoms with Gasteiger partial charge < -0.3 is 14.4 Å². The molecule has 0 spiro atoms. The molecule has 0 atom stereocenters. The minimum Gasteiger partial charge on any atom is -0.486 e. The summed E-state index contributed by atoms with van der Waals surface area (Å²) in [5.74, 6) is 0.724. The molecule has 1 amide bonds. The average molecular weight is 451 g/mol. The van der Waals surface area contributed by atoms with Crippen LogP contribution in [0, 0.1) is 0 Å². The van der Waals surface area contributed by atoms with E-state index in [-0.39, 0.29) is 17.3 Å². The zero-order chi connectivity index (χ0) is 22.1. The van der Waals surface area contributed by atoms with Gasteiger partial charge in [0.1, 0.15) is 19.8 Å². The summed E-state index contributed by atoms with van der Waals surface area (Å²) in [6.45, 7) is 1.01. The monoisotopic (exact) mass is 450 g/mol. The van der Waals surface area contributed by atoms with Crippen molar-refractivity contribution < 1.29 is 22.7 Å². The van der Waals surface area contributed by atoms with Crippen molar-refractivity contribution in [3.63, 3.8) is 0 Å². The Kier molecular flexibility index (Phi) is 5.22. The molecule has 164 valence electrons. The molecule has 0 radical (unpaired) electrons. The normalized spacial score (nSPS) is 14.7. The van der Waals surface area contributed by atoms with Gasteiger partial charge in [0.2, 0.25) is 5.91 Å². The van der Waals surface area contributed by atoms with E-state index in [1.54, 1.807) is 41.3 Å². The highest BCUT2D eigenvalue weighted by Gasteiger charge is 2.32. The van der Waals surface area contributed by atoms with Gasteiger partial charge in [0, 0.05) is 18.3 Å². The maximum atomic E-state index is 13.6. The van der Waals surface area contributed by atoms with E-state index >= 15 is 0 Å². The Morgan fingerprint density at radius 2 is 1.62 bits per heavy atom. The van der Waals surface area contributed by atoms with Crippen molar-refractivity contribution in [2.45, 2.75) is 11.3 Å². The molecule has 8 heteroatoms. The Hall–Kier alpha value is -3.52. The van der Waals surface area contributed by atoms with E-state index < -0.39 is 10.0 Å². The number of rotatable bonds is 5. The molecular weight excluding hydrogens is 428 g/mol. The van der Waals surface area contributed by atoms with E-state index in [1.165, 1.54) is 12.1 Å². The number of carbonyl (C=O) groups excluding carboxylic acids is 1. The first-order valence-electron chi connectivity index (χ1n) is 10.4. The second kappa shape index (κ2) is 8.20. The Morgan fingerprint density at radius 1 is 0.906 bits per heavy atom. The maximum Gasteiger partial charge on any atom is 0.264 e. The van der Waals surface area contributed by atoms with Crippen molar-refractivity contribution in [3.05, 3.63) is 78.4 Å². The summed E-state index contributed by atoms with van der Waals surface area (Å²) in [6, 6.07) is 20.7. The quantitative estimate of drug-likeness (QED) is 0.597. The molecule has 2 aliphatic rings. The van der Waals surface area contributed by atoms with Gasteiger partial charge in [0.15, 0.2) is 11.5 Å². The number of hydrogen-bond acceptors (Lipinski definition) is 5. The molecule has 0 fully saturated rings. The fraction of sp³-hybridized carbons (Fsp3) is 0.208. The summed E-state index contributed by atoms with van der Waals surface area (Å²) in [5.41, 5.74) is 2.26. The van der Waals surface area contributed by atoms with Crippen LogP contribution >= 0.6 is 0 Å². The standard InChI is InChI=1S/C24H22N2O5S/c27-24(25-13-12-18-6-4-5-9-21(18)25)17-26(32(28,29)20-7-2-1-3-8-20)19-10-11-22-23(16-19)31-15-14-30-22/h1-11,16H,12-15,17H2. The average Bonchev–Trinajstić information content (AvgIpc) is 3.27. The first-order valence-corrected chi connectivity index (χ1v) is 11.8. The Balaban J connectivity index is 1.53. The molecule has 7 nitrogen and oxygen atoms in total. The number of carbonyl (C=O) groups is 1. The lowest BCUT2D eigenvalue weighted by molar-refractivity contribution is -0.117. The second-order valence-corrected chi connectivity index (χ2v) is 9.44. The molecule has 0 aromatic heterocycles. The number of benzene rings is 3. The van der Waals surface area contributed by atoms with Crippen molar-refractivity contribution in [2.75, 3.05) is 35.5 Å². The highest BCUT2D eigenvalue weighted by molar-refractivity contribution is 7.92. The van der Waals surface area contributed by atoms with Crippen LogP contribution < -0.4 is 18.7 Å². The Morgan fingerprint density at radius 3 is 2.44 bits per heavy atom. The van der Waals surface area contributed by atoms with Crippen molar-refractivity contribution in [3.8, 4) is 11.5 Å². The number of para-hydroxylation sites is 1. The number of sulfonamides is 1. The zero-order valence-corrected chi connectivity index (χ0v) is 18.1. The Labute approximate surface area is 186 Å².